The van der Waals surface area contributed by atoms with Gasteiger partial charge >= 0.3 is 0 Å². The Morgan fingerprint density at radius 3 is 0.625 bits per heavy atom. The van der Waals surface area contributed by atoms with Crippen LogP contribution in [0.5, 0.6) is 0 Å². The SMILES string of the molecule is CC(C)(C)P(=O)(O)C(C)(C)C.CC(C)(C)P(=O)(O)C(C)(C)C.CC(C)(C)P(=O)(O)C(C)(C)C.OCCC(O)CO. The molecule has 0 aromatic rings. The quantitative estimate of drug-likeness (QED) is 0.173. The Hall–Kier alpha value is 0.450. The van der Waals surface area contributed by atoms with Gasteiger partial charge in [-0.05, 0) is 6.42 Å². The first-order valence-electron chi connectivity index (χ1n) is 13.7. The van der Waals surface area contributed by atoms with Crippen molar-refractivity contribution in [2.75, 3.05) is 13.2 Å². The van der Waals surface area contributed by atoms with E-state index < -0.39 is 59.1 Å². The van der Waals surface area contributed by atoms with E-state index in [1.807, 2.05) is 0 Å². The molecule has 0 saturated heterocycles. The van der Waals surface area contributed by atoms with Crippen LogP contribution in [0.15, 0.2) is 0 Å². The summed E-state index contributed by atoms with van der Waals surface area (Å²) in [7, 11) is -9.18. The molecule has 0 aliphatic rings. The van der Waals surface area contributed by atoms with Crippen molar-refractivity contribution in [1.29, 1.82) is 0 Å². The van der Waals surface area contributed by atoms with E-state index in [0.29, 0.717) is 0 Å². The minimum absolute atomic E-state index is 0.0677. The van der Waals surface area contributed by atoms with Crippen molar-refractivity contribution in [1.82, 2.24) is 0 Å². The summed E-state index contributed by atoms with van der Waals surface area (Å²) in [5.74, 6) is 0. The summed E-state index contributed by atoms with van der Waals surface area (Å²) < 4.78 is 35.4. The zero-order valence-corrected chi connectivity index (χ0v) is 31.6. The van der Waals surface area contributed by atoms with Crippen molar-refractivity contribution < 1.29 is 43.7 Å². The third-order valence-corrected chi connectivity index (χ3v) is 17.0. The Morgan fingerprint density at radius 2 is 0.600 bits per heavy atom. The van der Waals surface area contributed by atoms with Crippen LogP contribution in [-0.2, 0) is 13.7 Å². The van der Waals surface area contributed by atoms with Crippen LogP contribution in [0.1, 0.15) is 131 Å². The molecule has 0 rings (SSSR count). The highest BCUT2D eigenvalue weighted by Crippen LogP contribution is 2.64. The molecule has 0 aliphatic heterocycles. The molecule has 12 heteroatoms. The maximum atomic E-state index is 11.8. The van der Waals surface area contributed by atoms with Gasteiger partial charge in [0, 0.05) is 37.5 Å². The van der Waals surface area contributed by atoms with E-state index in [4.69, 9.17) is 15.3 Å². The van der Waals surface area contributed by atoms with Gasteiger partial charge in [-0.2, -0.15) is 0 Å². The van der Waals surface area contributed by atoms with E-state index in [2.05, 4.69) is 0 Å². The van der Waals surface area contributed by atoms with Crippen molar-refractivity contribution >= 4 is 22.1 Å². The topological polar surface area (TPSA) is 173 Å². The second kappa shape index (κ2) is 16.0. The van der Waals surface area contributed by atoms with Crippen LogP contribution in [0.25, 0.3) is 0 Å². The number of rotatable bonds is 3. The molecular weight excluding hydrogens is 573 g/mol. The molecule has 248 valence electrons. The molecule has 0 fully saturated rings. The lowest BCUT2D eigenvalue weighted by Crippen LogP contribution is -2.28. The van der Waals surface area contributed by atoms with Crippen LogP contribution in [-0.4, -0.2) is 80.3 Å². The minimum atomic E-state index is -3.06. The lowest BCUT2D eigenvalue weighted by molar-refractivity contribution is 0.0721. The van der Waals surface area contributed by atoms with Crippen molar-refractivity contribution in [2.24, 2.45) is 0 Å². The van der Waals surface area contributed by atoms with E-state index in [0.717, 1.165) is 0 Å². The van der Waals surface area contributed by atoms with Gasteiger partial charge in [-0.1, -0.05) is 125 Å². The van der Waals surface area contributed by atoms with Crippen molar-refractivity contribution in [3.8, 4) is 0 Å². The fourth-order valence-corrected chi connectivity index (χ4v) is 9.30. The second-order valence-corrected chi connectivity index (χ2v) is 27.6. The van der Waals surface area contributed by atoms with Gasteiger partial charge in [-0.25, -0.2) is 0 Å². The fraction of sp³-hybridized carbons (Fsp3) is 1.00. The monoisotopic (exact) mass is 640 g/mol. The first-order valence-corrected chi connectivity index (χ1v) is 18.7. The highest BCUT2D eigenvalue weighted by atomic mass is 31.2. The number of hydrogen-bond acceptors (Lipinski definition) is 6. The molecule has 1 unspecified atom stereocenters. The summed E-state index contributed by atoms with van der Waals surface area (Å²) in [6.45, 7) is 32.2. The van der Waals surface area contributed by atoms with Gasteiger partial charge < -0.3 is 30.0 Å². The van der Waals surface area contributed by atoms with Gasteiger partial charge in [0.25, 0.3) is 0 Å². The van der Waals surface area contributed by atoms with Crippen molar-refractivity contribution in [3.63, 3.8) is 0 Å². The Morgan fingerprint density at radius 1 is 0.450 bits per heavy atom. The summed E-state index contributed by atoms with van der Waals surface area (Å²) in [4.78, 5) is 29.2. The molecule has 0 aliphatic carbocycles. The summed E-state index contributed by atoms with van der Waals surface area (Å²) in [6, 6.07) is 0. The normalized spacial score (nSPS) is 15.0. The van der Waals surface area contributed by atoms with Crippen LogP contribution >= 0.6 is 22.1 Å². The molecule has 0 aromatic heterocycles. The molecule has 0 bridgehead atoms. The van der Waals surface area contributed by atoms with Gasteiger partial charge in [-0.15, -0.1) is 0 Å². The molecule has 0 heterocycles. The molecular formula is C28H67O9P3. The number of aliphatic hydroxyl groups is 3. The maximum Gasteiger partial charge on any atom is 0.210 e. The van der Waals surface area contributed by atoms with E-state index >= 15 is 0 Å². The third kappa shape index (κ3) is 15.3. The van der Waals surface area contributed by atoms with Gasteiger partial charge in [0.2, 0.25) is 22.1 Å². The molecule has 1 atom stereocenters. The molecule has 0 amide bonds. The van der Waals surface area contributed by atoms with Gasteiger partial charge in [-0.3, -0.25) is 13.7 Å². The van der Waals surface area contributed by atoms with Gasteiger partial charge in [0.1, 0.15) is 0 Å². The van der Waals surface area contributed by atoms with E-state index in [9.17, 15) is 28.4 Å². The molecule has 0 spiro atoms. The summed E-state index contributed by atoms with van der Waals surface area (Å²) in [5, 5.41) is 21.6. The smallest absolute Gasteiger partial charge is 0.210 e. The first-order chi connectivity index (χ1) is 16.8. The molecule has 9 nitrogen and oxygen atoms in total. The first kappa shape index (κ1) is 47.4. The maximum absolute atomic E-state index is 11.8. The average molecular weight is 641 g/mol. The molecule has 0 aromatic carbocycles. The Balaban J connectivity index is -0.000000219. The number of hydrogen-bond donors (Lipinski definition) is 6. The van der Waals surface area contributed by atoms with Crippen molar-refractivity contribution in [2.45, 2.75) is 168 Å². The van der Waals surface area contributed by atoms with Crippen LogP contribution in [0.2, 0.25) is 0 Å². The zero-order chi connectivity index (χ0) is 34.2. The average Bonchev–Trinajstić information content (AvgIpc) is 2.64. The van der Waals surface area contributed by atoms with E-state index in [1.165, 1.54) is 0 Å². The summed E-state index contributed by atoms with van der Waals surface area (Å²) >= 11 is 0. The summed E-state index contributed by atoms with van der Waals surface area (Å²) in [6.07, 6.45) is -0.485. The molecule has 0 saturated carbocycles. The van der Waals surface area contributed by atoms with Crippen LogP contribution in [0.3, 0.4) is 0 Å². The highest BCUT2D eigenvalue weighted by Gasteiger charge is 2.46. The minimum Gasteiger partial charge on any atom is -0.396 e. The number of aliphatic hydroxyl groups excluding tert-OH is 3. The van der Waals surface area contributed by atoms with Crippen LogP contribution < -0.4 is 0 Å². The van der Waals surface area contributed by atoms with Gasteiger partial charge in [0.05, 0.1) is 12.7 Å². The van der Waals surface area contributed by atoms with Crippen molar-refractivity contribution in [3.05, 3.63) is 0 Å². The van der Waals surface area contributed by atoms with Crippen LogP contribution in [0, 0.1) is 0 Å². The van der Waals surface area contributed by atoms with Crippen LogP contribution in [0.4, 0.5) is 0 Å². The van der Waals surface area contributed by atoms with E-state index in [-0.39, 0.29) is 19.6 Å². The fourth-order valence-electron chi connectivity index (χ4n) is 3.26. The molecule has 6 N–H and O–H groups in total. The van der Waals surface area contributed by atoms with E-state index in [1.54, 1.807) is 125 Å². The van der Waals surface area contributed by atoms with Gasteiger partial charge in [0.15, 0.2) is 0 Å². The Kier molecular flexibility index (Phi) is 18.9. The second-order valence-electron chi connectivity index (χ2n) is 16.1. The molecule has 0 radical (unpaired) electrons. The zero-order valence-electron chi connectivity index (χ0n) is 28.9. The lowest BCUT2D eigenvalue weighted by atomic mass is 10.2. The Bertz CT molecular complexity index is 700. The molecule has 40 heavy (non-hydrogen) atoms. The summed E-state index contributed by atoms with van der Waals surface area (Å²) in [5.41, 5.74) is 0. The standard InChI is InChI=1S/3C8H19O2P.C4H10O3/c3*1-7(2,3)11(9,10)8(4,5)6;5-2-1-4(7)3-6/h3*1-6H3,(H,9,10);4-7H,1-3H2. The Labute approximate surface area is 247 Å². The predicted molar refractivity (Wildman–Crippen MR) is 173 cm³/mol. The highest BCUT2D eigenvalue weighted by molar-refractivity contribution is 7.61. The third-order valence-electron chi connectivity index (χ3n) is 6.13. The largest absolute Gasteiger partial charge is 0.396 e. The lowest BCUT2D eigenvalue weighted by Gasteiger charge is -2.35. The predicted octanol–water partition coefficient (Wildman–Crippen LogP) is 7.28.